The predicted molar refractivity (Wildman–Crippen MR) is 228 cm³/mol. The summed E-state index contributed by atoms with van der Waals surface area (Å²) in [4.78, 5) is 8.11. The molecule has 0 saturated heterocycles. The van der Waals surface area contributed by atoms with E-state index >= 15 is 0 Å². The van der Waals surface area contributed by atoms with Crippen molar-refractivity contribution in [3.05, 3.63) is 132 Å². The molecule has 0 spiro atoms. The molecule has 4 rings (SSSR count). The van der Waals surface area contributed by atoms with E-state index in [1.165, 1.54) is 41.7 Å². The summed E-state index contributed by atoms with van der Waals surface area (Å²) in [6, 6.07) is 27.2. The first kappa shape index (κ1) is 52.0. The highest BCUT2D eigenvalue weighted by molar-refractivity contribution is 5.19. The maximum atomic E-state index is 12.4. The van der Waals surface area contributed by atoms with Gasteiger partial charge in [-0.15, -0.1) is 0 Å². The van der Waals surface area contributed by atoms with Gasteiger partial charge in [0.15, 0.2) is 0 Å². The lowest BCUT2D eigenvalue weighted by Crippen LogP contribution is -1.88. The predicted octanol–water partition coefficient (Wildman–Crippen LogP) is 15.9. The van der Waals surface area contributed by atoms with Crippen LogP contribution in [0, 0.1) is 23.6 Å². The maximum Gasteiger partial charge on any atom is 0.123 e. The van der Waals surface area contributed by atoms with Crippen LogP contribution in [-0.2, 0) is 0 Å². The zero-order chi connectivity index (χ0) is 39.8. The molecule has 0 aliphatic carbocycles. The van der Waals surface area contributed by atoms with Crippen LogP contribution in [0.2, 0.25) is 0 Å². The first-order valence-electron chi connectivity index (χ1n) is 19.5. The van der Waals surface area contributed by atoms with Gasteiger partial charge in [0.2, 0.25) is 0 Å². The van der Waals surface area contributed by atoms with E-state index in [0.717, 1.165) is 23.4 Å². The van der Waals surface area contributed by atoms with Gasteiger partial charge in [-0.05, 0) is 94.5 Å². The third-order valence-electron chi connectivity index (χ3n) is 7.29. The van der Waals surface area contributed by atoms with Gasteiger partial charge in [0.1, 0.15) is 5.82 Å². The third-order valence-corrected chi connectivity index (χ3v) is 7.29. The van der Waals surface area contributed by atoms with Crippen LogP contribution in [-0.4, -0.2) is 9.97 Å². The topological polar surface area (TPSA) is 25.8 Å². The summed E-state index contributed by atoms with van der Waals surface area (Å²) in [5, 5.41) is 0. The van der Waals surface area contributed by atoms with Crippen LogP contribution in [0.3, 0.4) is 0 Å². The van der Waals surface area contributed by atoms with Crippen LogP contribution < -0.4 is 0 Å². The quantitative estimate of drug-likeness (QED) is 0.200. The van der Waals surface area contributed by atoms with Gasteiger partial charge in [0, 0.05) is 24.3 Å². The number of halogens is 1. The molecule has 4 aromatic rings. The molecule has 2 heterocycles. The van der Waals surface area contributed by atoms with Gasteiger partial charge in [-0.25, -0.2) is 4.39 Å². The van der Waals surface area contributed by atoms with Crippen molar-refractivity contribution in [3.63, 3.8) is 0 Å². The number of hydrogen-bond donors (Lipinski definition) is 0. The van der Waals surface area contributed by atoms with Gasteiger partial charge in [0.25, 0.3) is 0 Å². The molecule has 0 aliphatic heterocycles. The van der Waals surface area contributed by atoms with E-state index in [1.807, 2.05) is 67.1 Å². The van der Waals surface area contributed by atoms with Crippen molar-refractivity contribution >= 4 is 0 Å². The minimum Gasteiger partial charge on any atom is -0.265 e. The fourth-order valence-corrected chi connectivity index (χ4v) is 3.15. The molecular weight excluding hydrogens is 624 g/mol. The van der Waals surface area contributed by atoms with Crippen molar-refractivity contribution < 1.29 is 4.39 Å². The molecule has 0 fully saturated rings. The Morgan fingerprint density at radius 3 is 1.04 bits per heavy atom. The number of pyridine rings is 2. The minimum absolute atomic E-state index is 0.163. The normalized spacial score (nSPS) is 9.98. The first-order valence-corrected chi connectivity index (χ1v) is 19.5. The van der Waals surface area contributed by atoms with Crippen LogP contribution in [0.1, 0.15) is 177 Å². The maximum absolute atomic E-state index is 12.4. The molecule has 0 unspecified atom stereocenters. The number of nitrogens with zero attached hydrogens (tertiary/aromatic N) is 2. The first-order chi connectivity index (χ1) is 23.9. The molecule has 0 aliphatic rings. The number of rotatable bonds is 6. The van der Waals surface area contributed by atoms with Gasteiger partial charge in [-0.1, -0.05) is 179 Å². The Morgan fingerprint density at radius 2 is 0.784 bits per heavy atom. The lowest BCUT2D eigenvalue weighted by molar-refractivity contribution is 0.626. The lowest BCUT2D eigenvalue weighted by Gasteiger charge is -2.02. The summed E-state index contributed by atoms with van der Waals surface area (Å²) >= 11 is 0. The lowest BCUT2D eigenvalue weighted by atomic mass is 10.0. The minimum atomic E-state index is -0.163. The highest BCUT2D eigenvalue weighted by atomic mass is 19.1. The molecule has 0 radical (unpaired) electrons. The van der Waals surface area contributed by atoms with Crippen LogP contribution in [0.25, 0.3) is 0 Å². The molecule has 2 aromatic heterocycles. The molecular formula is C48H79FN2. The largest absolute Gasteiger partial charge is 0.265 e. The van der Waals surface area contributed by atoms with Crippen LogP contribution in [0.15, 0.2) is 104 Å². The highest BCUT2D eigenvalue weighted by Gasteiger charge is 1.97. The molecule has 2 nitrogen and oxygen atoms in total. The number of benzene rings is 2. The second kappa shape index (κ2) is 33.8. The number of aromatic nitrogens is 2. The van der Waals surface area contributed by atoms with Crippen LogP contribution in [0.5, 0.6) is 0 Å². The van der Waals surface area contributed by atoms with Gasteiger partial charge >= 0.3 is 0 Å². The van der Waals surface area contributed by atoms with Crippen molar-refractivity contribution in [1.82, 2.24) is 9.97 Å². The second-order valence-electron chi connectivity index (χ2n) is 15.5. The summed E-state index contributed by atoms with van der Waals surface area (Å²) in [5.41, 5.74) is 5.11. The Bertz CT molecular complexity index is 1120. The van der Waals surface area contributed by atoms with E-state index in [2.05, 4.69) is 152 Å². The Hall–Kier alpha value is -3.33. The Balaban J connectivity index is -0.000000540. The SMILES string of the molecule is CC(C)C.CC(C)c1ccc(F)cc1.CC(C)c1ccccc1.CC(C)c1ccccn1.CC(C)c1ccncc1.CCC(C)C.CCC(C)C. The van der Waals surface area contributed by atoms with Gasteiger partial charge < -0.3 is 0 Å². The van der Waals surface area contributed by atoms with E-state index in [-0.39, 0.29) is 5.82 Å². The standard InChI is InChI=1S/C9H11F.C9H12.2C8H11N.2C5H12.C4H10/c1-7(2)8-3-5-9(10)6-4-8;1-8(2)9-6-4-3-5-7-9;1-7(2)8-3-5-9-6-4-8;1-7(2)8-5-3-4-6-9-8;2*1-4-5(2)3;1-4(2)3/h3-7H,1-2H3;3-8H,1-2H3;2*3-7H,1-2H3;2*5H,4H2,1-3H3;4H,1-3H3. The van der Waals surface area contributed by atoms with Crippen molar-refractivity contribution in [3.8, 4) is 0 Å². The van der Waals surface area contributed by atoms with Gasteiger partial charge in [-0.2, -0.15) is 0 Å². The molecule has 0 bridgehead atoms. The summed E-state index contributed by atoms with van der Waals surface area (Å²) in [5.74, 6) is 4.75. The molecule has 51 heavy (non-hydrogen) atoms. The Morgan fingerprint density at radius 1 is 0.431 bits per heavy atom. The summed E-state index contributed by atoms with van der Waals surface area (Å²) in [6.45, 7) is 37.0. The zero-order valence-electron chi connectivity index (χ0n) is 36.0. The summed E-state index contributed by atoms with van der Waals surface area (Å²) < 4.78 is 12.4. The molecule has 0 amide bonds. The van der Waals surface area contributed by atoms with Gasteiger partial charge in [0.05, 0.1) is 0 Å². The Labute approximate surface area is 317 Å². The van der Waals surface area contributed by atoms with Crippen molar-refractivity contribution in [2.24, 2.45) is 17.8 Å². The van der Waals surface area contributed by atoms with E-state index in [0.29, 0.717) is 23.7 Å². The van der Waals surface area contributed by atoms with E-state index < -0.39 is 0 Å². The smallest absolute Gasteiger partial charge is 0.123 e. The van der Waals surface area contributed by atoms with Crippen molar-refractivity contribution in [1.29, 1.82) is 0 Å². The van der Waals surface area contributed by atoms with Crippen molar-refractivity contribution in [2.75, 3.05) is 0 Å². The van der Waals surface area contributed by atoms with E-state index in [4.69, 9.17) is 0 Å². The average Bonchev–Trinajstić information content (AvgIpc) is 3.10. The molecule has 0 N–H and O–H groups in total. The fraction of sp³-hybridized carbons (Fsp3) is 0.542. The van der Waals surface area contributed by atoms with Crippen LogP contribution >= 0.6 is 0 Å². The summed E-state index contributed by atoms with van der Waals surface area (Å²) in [6.07, 6.45) is 8.10. The Kier molecular flexibility index (Phi) is 34.5. The van der Waals surface area contributed by atoms with E-state index in [9.17, 15) is 4.39 Å². The molecule has 2 aromatic carbocycles. The van der Waals surface area contributed by atoms with Crippen molar-refractivity contribution in [2.45, 2.75) is 154 Å². The molecule has 288 valence electrons. The van der Waals surface area contributed by atoms with Gasteiger partial charge in [-0.3, -0.25) is 9.97 Å². The third kappa shape index (κ3) is 36.3. The monoisotopic (exact) mass is 703 g/mol. The zero-order valence-corrected chi connectivity index (χ0v) is 36.0. The fourth-order valence-electron chi connectivity index (χ4n) is 3.15. The average molecular weight is 703 g/mol. The summed E-state index contributed by atoms with van der Waals surface area (Å²) in [7, 11) is 0. The van der Waals surface area contributed by atoms with E-state index in [1.54, 1.807) is 0 Å². The molecule has 3 heteroatoms. The molecule has 0 atom stereocenters. The van der Waals surface area contributed by atoms with Crippen LogP contribution in [0.4, 0.5) is 4.39 Å². The second-order valence-corrected chi connectivity index (χ2v) is 15.5. The molecule has 0 saturated carbocycles. The highest BCUT2D eigenvalue weighted by Crippen LogP contribution is 2.14. The number of hydrogen-bond acceptors (Lipinski definition) is 2.